The summed E-state index contributed by atoms with van der Waals surface area (Å²) in [5, 5.41) is 9.60. The van der Waals surface area contributed by atoms with Crippen molar-refractivity contribution in [1.82, 2.24) is 0 Å². The van der Waals surface area contributed by atoms with Gasteiger partial charge < -0.3 is 0 Å². The van der Waals surface area contributed by atoms with Gasteiger partial charge in [-0.3, -0.25) is 0 Å². The van der Waals surface area contributed by atoms with Crippen molar-refractivity contribution in [3.63, 3.8) is 0 Å². The summed E-state index contributed by atoms with van der Waals surface area (Å²) in [6, 6.07) is 11.4. The molecule has 88 valence electrons. The average molecular weight is 225 g/mol. The summed E-state index contributed by atoms with van der Waals surface area (Å²) in [7, 11) is 0. The van der Waals surface area contributed by atoms with Crippen molar-refractivity contribution in [2.24, 2.45) is 17.3 Å². The molecular formula is C16H19N. The highest BCUT2D eigenvalue weighted by molar-refractivity contribution is 5.26. The normalized spacial score (nSPS) is 34.8. The number of fused-ring (bicyclic) bond motifs is 2. The Morgan fingerprint density at radius 3 is 2.59 bits per heavy atom. The fourth-order valence-electron chi connectivity index (χ4n) is 3.91. The van der Waals surface area contributed by atoms with E-state index in [0.717, 1.165) is 18.8 Å². The number of rotatable bonds is 2. The fraction of sp³-hybridized carbons (Fsp3) is 0.562. The van der Waals surface area contributed by atoms with E-state index in [9.17, 15) is 5.26 Å². The molecule has 0 heterocycles. The monoisotopic (exact) mass is 225 g/mol. The Morgan fingerprint density at radius 1 is 1.29 bits per heavy atom. The van der Waals surface area contributed by atoms with Crippen LogP contribution in [0.5, 0.6) is 0 Å². The van der Waals surface area contributed by atoms with Crippen molar-refractivity contribution in [1.29, 1.82) is 5.26 Å². The summed E-state index contributed by atoms with van der Waals surface area (Å²) >= 11 is 0. The first-order valence-electron chi connectivity index (χ1n) is 6.69. The molecule has 2 fully saturated rings. The van der Waals surface area contributed by atoms with Gasteiger partial charge in [-0.2, -0.15) is 5.26 Å². The smallest absolute Gasteiger partial charge is 0.0696 e. The molecule has 1 heteroatoms. The van der Waals surface area contributed by atoms with Crippen LogP contribution in [-0.4, -0.2) is 0 Å². The molecule has 2 aliphatic rings. The molecule has 0 N–H and O–H groups in total. The van der Waals surface area contributed by atoms with Crippen LogP contribution in [0.2, 0.25) is 0 Å². The molecule has 0 aliphatic heterocycles. The number of nitrogens with zero attached hydrogens (tertiary/aromatic N) is 1. The predicted molar refractivity (Wildman–Crippen MR) is 68.4 cm³/mol. The van der Waals surface area contributed by atoms with Crippen LogP contribution >= 0.6 is 0 Å². The van der Waals surface area contributed by atoms with Crippen LogP contribution in [0.15, 0.2) is 24.3 Å². The van der Waals surface area contributed by atoms with Crippen molar-refractivity contribution in [3.05, 3.63) is 35.4 Å². The highest BCUT2D eigenvalue weighted by atomic mass is 14.5. The SMILES string of the molecule is Cc1ccc(CC2(C#N)CC3CCC2C3)cc1. The molecule has 0 amide bonds. The number of nitriles is 1. The van der Waals surface area contributed by atoms with Gasteiger partial charge >= 0.3 is 0 Å². The number of aryl methyl sites for hydroxylation is 1. The first-order chi connectivity index (χ1) is 8.22. The zero-order chi connectivity index (χ0) is 11.9. The first kappa shape index (κ1) is 10.8. The van der Waals surface area contributed by atoms with Crippen molar-refractivity contribution in [2.45, 2.75) is 39.0 Å². The van der Waals surface area contributed by atoms with Gasteiger partial charge in [0.1, 0.15) is 0 Å². The highest BCUT2D eigenvalue weighted by Gasteiger charge is 2.51. The molecule has 3 atom stereocenters. The van der Waals surface area contributed by atoms with Crippen molar-refractivity contribution < 1.29 is 0 Å². The summed E-state index contributed by atoms with van der Waals surface area (Å²) in [5.41, 5.74) is 2.59. The molecule has 0 spiro atoms. The van der Waals surface area contributed by atoms with E-state index in [2.05, 4.69) is 37.3 Å². The Labute approximate surface area is 103 Å². The third-order valence-electron chi connectivity index (χ3n) is 4.84. The van der Waals surface area contributed by atoms with Gasteiger partial charge in [0, 0.05) is 0 Å². The molecule has 1 aromatic carbocycles. The third kappa shape index (κ3) is 1.76. The molecular weight excluding hydrogens is 206 g/mol. The second-order valence-electron chi connectivity index (χ2n) is 6.01. The van der Waals surface area contributed by atoms with E-state index in [1.165, 1.54) is 30.4 Å². The van der Waals surface area contributed by atoms with E-state index in [4.69, 9.17) is 0 Å². The molecule has 2 saturated carbocycles. The van der Waals surface area contributed by atoms with E-state index in [1.807, 2.05) is 0 Å². The van der Waals surface area contributed by atoms with Crippen LogP contribution in [0.1, 0.15) is 36.8 Å². The van der Waals surface area contributed by atoms with Gasteiger partial charge in [-0.1, -0.05) is 36.2 Å². The molecule has 2 aliphatic carbocycles. The zero-order valence-corrected chi connectivity index (χ0v) is 10.4. The van der Waals surface area contributed by atoms with Gasteiger partial charge in [-0.15, -0.1) is 0 Å². The van der Waals surface area contributed by atoms with Gasteiger partial charge in [0.25, 0.3) is 0 Å². The minimum absolute atomic E-state index is 0.0435. The lowest BCUT2D eigenvalue weighted by atomic mass is 9.70. The Hall–Kier alpha value is -1.29. The summed E-state index contributed by atoms with van der Waals surface area (Å²) < 4.78 is 0. The molecule has 1 nitrogen and oxygen atoms in total. The summed E-state index contributed by atoms with van der Waals surface area (Å²) in [5.74, 6) is 1.50. The topological polar surface area (TPSA) is 23.8 Å². The first-order valence-corrected chi connectivity index (χ1v) is 6.69. The van der Waals surface area contributed by atoms with Gasteiger partial charge in [0.05, 0.1) is 11.5 Å². The maximum absolute atomic E-state index is 9.60. The van der Waals surface area contributed by atoms with E-state index >= 15 is 0 Å². The van der Waals surface area contributed by atoms with Gasteiger partial charge in [0.2, 0.25) is 0 Å². The standard InChI is InChI=1S/C16H19N/c1-12-2-4-13(5-3-12)9-16(11-17)10-14-6-7-15(16)8-14/h2-5,14-15H,6-10H2,1H3. The summed E-state index contributed by atoms with van der Waals surface area (Å²) in [6.45, 7) is 2.11. The van der Waals surface area contributed by atoms with Crippen LogP contribution in [0.4, 0.5) is 0 Å². The number of hydrogen-bond acceptors (Lipinski definition) is 1. The van der Waals surface area contributed by atoms with Gasteiger partial charge in [-0.25, -0.2) is 0 Å². The predicted octanol–water partition coefficient (Wildman–Crippen LogP) is 3.87. The molecule has 0 radical (unpaired) electrons. The number of hydrogen-bond donors (Lipinski definition) is 0. The molecule has 3 rings (SSSR count). The second-order valence-corrected chi connectivity index (χ2v) is 6.01. The Balaban J connectivity index is 1.84. The van der Waals surface area contributed by atoms with E-state index < -0.39 is 0 Å². The Bertz CT molecular complexity index is 453. The van der Waals surface area contributed by atoms with E-state index in [0.29, 0.717) is 5.92 Å². The summed E-state index contributed by atoms with van der Waals surface area (Å²) in [4.78, 5) is 0. The molecule has 17 heavy (non-hydrogen) atoms. The quantitative estimate of drug-likeness (QED) is 0.749. The minimum Gasteiger partial charge on any atom is -0.198 e. The average Bonchev–Trinajstić information content (AvgIpc) is 2.93. The van der Waals surface area contributed by atoms with Crippen LogP contribution in [-0.2, 0) is 6.42 Å². The minimum atomic E-state index is -0.0435. The highest BCUT2D eigenvalue weighted by Crippen LogP contribution is 2.56. The maximum Gasteiger partial charge on any atom is 0.0696 e. The lowest BCUT2D eigenvalue weighted by Gasteiger charge is -2.31. The van der Waals surface area contributed by atoms with E-state index in [-0.39, 0.29) is 5.41 Å². The van der Waals surface area contributed by atoms with Crippen LogP contribution in [0, 0.1) is 35.5 Å². The summed E-state index contributed by atoms with van der Waals surface area (Å²) in [6.07, 6.45) is 6.05. The molecule has 1 aromatic rings. The fourth-order valence-corrected chi connectivity index (χ4v) is 3.91. The lowest BCUT2D eigenvalue weighted by Crippen LogP contribution is -2.28. The van der Waals surface area contributed by atoms with Crippen LogP contribution in [0.3, 0.4) is 0 Å². The van der Waals surface area contributed by atoms with Crippen molar-refractivity contribution in [2.75, 3.05) is 0 Å². The van der Waals surface area contributed by atoms with Crippen molar-refractivity contribution >= 4 is 0 Å². The number of benzene rings is 1. The molecule has 0 aromatic heterocycles. The van der Waals surface area contributed by atoms with E-state index in [1.54, 1.807) is 0 Å². The zero-order valence-electron chi connectivity index (χ0n) is 10.4. The van der Waals surface area contributed by atoms with Crippen molar-refractivity contribution in [3.8, 4) is 6.07 Å². The lowest BCUT2D eigenvalue weighted by molar-refractivity contribution is 0.239. The van der Waals surface area contributed by atoms with Crippen LogP contribution < -0.4 is 0 Å². The maximum atomic E-state index is 9.60. The third-order valence-corrected chi connectivity index (χ3v) is 4.84. The molecule has 2 bridgehead atoms. The second kappa shape index (κ2) is 3.88. The molecule has 3 unspecified atom stereocenters. The van der Waals surface area contributed by atoms with Gasteiger partial charge in [-0.05, 0) is 50.0 Å². The Morgan fingerprint density at radius 2 is 2.06 bits per heavy atom. The van der Waals surface area contributed by atoms with Gasteiger partial charge in [0.15, 0.2) is 0 Å². The molecule has 0 saturated heterocycles. The largest absolute Gasteiger partial charge is 0.198 e. The Kier molecular flexibility index (Phi) is 2.47. The van der Waals surface area contributed by atoms with Crippen LogP contribution in [0.25, 0.3) is 0 Å².